The zero-order chi connectivity index (χ0) is 13.4. The number of rotatable bonds is 2. The van der Waals surface area contributed by atoms with Gasteiger partial charge in [-0.1, -0.05) is 18.2 Å². The minimum atomic E-state index is 0.388. The average Bonchev–Trinajstić information content (AvgIpc) is 2.74. The van der Waals surface area contributed by atoms with Gasteiger partial charge in [-0.25, -0.2) is 9.97 Å². The Kier molecular flexibility index (Phi) is 3.15. The lowest BCUT2D eigenvalue weighted by Crippen LogP contribution is -2.26. The van der Waals surface area contributed by atoms with Gasteiger partial charge in [-0.05, 0) is 31.9 Å². The van der Waals surface area contributed by atoms with Crippen LogP contribution in [-0.2, 0) is 12.3 Å². The molecule has 0 bridgehead atoms. The van der Waals surface area contributed by atoms with Crippen LogP contribution in [0.15, 0.2) is 30.5 Å². The van der Waals surface area contributed by atoms with Crippen LogP contribution in [0.25, 0.3) is 0 Å². The molecule has 0 spiro atoms. The van der Waals surface area contributed by atoms with Crippen molar-refractivity contribution in [1.29, 1.82) is 0 Å². The van der Waals surface area contributed by atoms with Gasteiger partial charge in [0, 0.05) is 29.2 Å². The van der Waals surface area contributed by atoms with E-state index in [1.54, 1.807) is 0 Å². The fourth-order valence-electron chi connectivity index (χ4n) is 2.60. The SMILES string of the molecule is Cc1nc(N2c3ccccc3CC2C)ncc1CCl. The number of fused-ring (bicyclic) bond motifs is 1. The predicted molar refractivity (Wildman–Crippen MR) is 78.1 cm³/mol. The molecular weight excluding hydrogens is 258 g/mol. The van der Waals surface area contributed by atoms with Gasteiger partial charge in [0.2, 0.25) is 5.95 Å². The summed E-state index contributed by atoms with van der Waals surface area (Å²) in [6.45, 7) is 4.18. The number of alkyl halides is 1. The molecule has 0 N–H and O–H groups in total. The lowest BCUT2D eigenvalue weighted by atomic mass is 10.1. The van der Waals surface area contributed by atoms with Gasteiger partial charge in [-0.3, -0.25) is 0 Å². The standard InChI is InChI=1S/C15H16ClN3/c1-10-7-12-5-3-4-6-14(12)19(10)15-17-9-13(8-16)11(2)18-15/h3-6,9-10H,7-8H2,1-2H3. The Morgan fingerprint density at radius 1 is 1.37 bits per heavy atom. The molecule has 2 aromatic rings. The summed E-state index contributed by atoms with van der Waals surface area (Å²) in [6, 6.07) is 8.83. The van der Waals surface area contributed by atoms with Gasteiger partial charge < -0.3 is 4.90 Å². The maximum atomic E-state index is 5.86. The number of aromatic nitrogens is 2. The highest BCUT2D eigenvalue weighted by Crippen LogP contribution is 2.36. The molecule has 1 aliphatic rings. The van der Waals surface area contributed by atoms with Gasteiger partial charge >= 0.3 is 0 Å². The summed E-state index contributed by atoms with van der Waals surface area (Å²) in [4.78, 5) is 11.3. The first-order valence-electron chi connectivity index (χ1n) is 6.46. The highest BCUT2D eigenvalue weighted by atomic mass is 35.5. The molecule has 1 unspecified atom stereocenters. The number of hydrogen-bond donors (Lipinski definition) is 0. The number of para-hydroxylation sites is 1. The quantitative estimate of drug-likeness (QED) is 0.783. The molecule has 0 fully saturated rings. The van der Waals surface area contributed by atoms with Crippen LogP contribution in [0.3, 0.4) is 0 Å². The van der Waals surface area contributed by atoms with E-state index in [4.69, 9.17) is 11.6 Å². The third-order valence-electron chi connectivity index (χ3n) is 3.63. The molecule has 3 nitrogen and oxygen atoms in total. The number of nitrogens with zero attached hydrogens (tertiary/aromatic N) is 3. The molecule has 0 saturated heterocycles. The highest BCUT2D eigenvalue weighted by molar-refractivity contribution is 6.17. The molecule has 3 rings (SSSR count). The van der Waals surface area contributed by atoms with Crippen LogP contribution < -0.4 is 4.90 Å². The molecule has 0 radical (unpaired) electrons. The van der Waals surface area contributed by atoms with Crippen molar-refractivity contribution in [2.24, 2.45) is 0 Å². The summed E-state index contributed by atoms with van der Waals surface area (Å²) in [5.74, 6) is 1.22. The van der Waals surface area contributed by atoms with Crippen LogP contribution in [0.1, 0.15) is 23.7 Å². The number of hydrogen-bond acceptors (Lipinski definition) is 3. The second-order valence-corrected chi connectivity index (χ2v) is 5.23. The summed E-state index contributed by atoms with van der Waals surface area (Å²) in [5.41, 5.74) is 4.52. The Morgan fingerprint density at radius 3 is 2.89 bits per heavy atom. The first kappa shape index (κ1) is 12.4. The van der Waals surface area contributed by atoms with E-state index in [1.165, 1.54) is 11.3 Å². The van der Waals surface area contributed by atoms with Crippen molar-refractivity contribution in [1.82, 2.24) is 9.97 Å². The smallest absolute Gasteiger partial charge is 0.230 e. The molecule has 98 valence electrons. The third kappa shape index (κ3) is 2.08. The third-order valence-corrected chi connectivity index (χ3v) is 3.92. The van der Waals surface area contributed by atoms with Gasteiger partial charge in [0.15, 0.2) is 0 Å². The van der Waals surface area contributed by atoms with Crippen LogP contribution in [0.4, 0.5) is 11.6 Å². The van der Waals surface area contributed by atoms with Crippen LogP contribution in [0, 0.1) is 6.92 Å². The molecule has 0 saturated carbocycles. The summed E-state index contributed by atoms with van der Waals surface area (Å²) in [7, 11) is 0. The number of anilines is 2. The van der Waals surface area contributed by atoms with E-state index in [1.807, 2.05) is 13.1 Å². The van der Waals surface area contributed by atoms with Crippen LogP contribution in [0.2, 0.25) is 0 Å². The van der Waals surface area contributed by atoms with Gasteiger partial charge in [0.1, 0.15) is 0 Å². The number of benzene rings is 1. The molecule has 19 heavy (non-hydrogen) atoms. The Morgan fingerprint density at radius 2 is 2.16 bits per heavy atom. The normalized spacial score (nSPS) is 17.6. The minimum absolute atomic E-state index is 0.388. The van der Waals surface area contributed by atoms with E-state index in [0.717, 1.165) is 23.6 Å². The second kappa shape index (κ2) is 4.82. The van der Waals surface area contributed by atoms with Gasteiger partial charge in [0.25, 0.3) is 0 Å². The topological polar surface area (TPSA) is 29.0 Å². The maximum absolute atomic E-state index is 5.86. The lowest BCUT2D eigenvalue weighted by Gasteiger charge is -2.23. The second-order valence-electron chi connectivity index (χ2n) is 4.97. The molecular formula is C15H16ClN3. The first-order chi connectivity index (χ1) is 9.20. The molecule has 1 aromatic heterocycles. The maximum Gasteiger partial charge on any atom is 0.230 e. The Labute approximate surface area is 118 Å². The van der Waals surface area contributed by atoms with E-state index in [0.29, 0.717) is 11.9 Å². The van der Waals surface area contributed by atoms with Crippen molar-refractivity contribution in [3.05, 3.63) is 47.3 Å². The fraction of sp³-hybridized carbons (Fsp3) is 0.333. The molecule has 2 heterocycles. The largest absolute Gasteiger partial charge is 0.307 e. The van der Waals surface area contributed by atoms with E-state index >= 15 is 0 Å². The molecule has 1 aliphatic heterocycles. The van der Waals surface area contributed by atoms with Gasteiger partial charge in [0.05, 0.1) is 5.88 Å². The molecule has 0 aliphatic carbocycles. The Balaban J connectivity index is 2.05. The van der Waals surface area contributed by atoms with Crippen LogP contribution in [-0.4, -0.2) is 16.0 Å². The summed E-state index contributed by atoms with van der Waals surface area (Å²) in [6.07, 6.45) is 2.87. The molecule has 4 heteroatoms. The van der Waals surface area contributed by atoms with Crippen molar-refractivity contribution in [2.45, 2.75) is 32.2 Å². The monoisotopic (exact) mass is 273 g/mol. The van der Waals surface area contributed by atoms with Crippen molar-refractivity contribution >= 4 is 23.2 Å². The summed E-state index contributed by atoms with van der Waals surface area (Å²) >= 11 is 5.86. The van der Waals surface area contributed by atoms with E-state index < -0.39 is 0 Å². The highest BCUT2D eigenvalue weighted by Gasteiger charge is 2.28. The minimum Gasteiger partial charge on any atom is -0.307 e. The molecule has 1 aromatic carbocycles. The van der Waals surface area contributed by atoms with Crippen molar-refractivity contribution in [3.63, 3.8) is 0 Å². The lowest BCUT2D eigenvalue weighted by molar-refractivity contribution is 0.736. The molecule has 1 atom stereocenters. The van der Waals surface area contributed by atoms with Gasteiger partial charge in [-0.2, -0.15) is 0 Å². The summed E-state index contributed by atoms with van der Waals surface area (Å²) < 4.78 is 0. The van der Waals surface area contributed by atoms with Crippen molar-refractivity contribution < 1.29 is 0 Å². The average molecular weight is 274 g/mol. The molecule has 0 amide bonds. The van der Waals surface area contributed by atoms with Gasteiger partial charge in [-0.15, -0.1) is 11.6 Å². The van der Waals surface area contributed by atoms with Crippen molar-refractivity contribution in [3.8, 4) is 0 Å². The Hall–Kier alpha value is -1.61. The van der Waals surface area contributed by atoms with E-state index in [-0.39, 0.29) is 0 Å². The van der Waals surface area contributed by atoms with Crippen molar-refractivity contribution in [2.75, 3.05) is 4.90 Å². The van der Waals surface area contributed by atoms with Crippen LogP contribution >= 0.6 is 11.6 Å². The van der Waals surface area contributed by atoms with E-state index in [9.17, 15) is 0 Å². The fourth-order valence-corrected chi connectivity index (χ4v) is 2.86. The first-order valence-corrected chi connectivity index (χ1v) is 6.99. The zero-order valence-electron chi connectivity index (χ0n) is 11.1. The Bertz CT molecular complexity index is 612. The summed E-state index contributed by atoms with van der Waals surface area (Å²) in [5, 5.41) is 0. The predicted octanol–water partition coefficient (Wildman–Crippen LogP) is 3.61. The van der Waals surface area contributed by atoms with E-state index in [2.05, 4.69) is 46.1 Å². The zero-order valence-corrected chi connectivity index (χ0v) is 11.9. The number of aryl methyl sites for hydroxylation is 1. The van der Waals surface area contributed by atoms with Crippen LogP contribution in [0.5, 0.6) is 0 Å². The number of halogens is 1.